The van der Waals surface area contributed by atoms with E-state index in [1.807, 2.05) is 13.0 Å². The maximum atomic E-state index is 12.8. The number of aliphatic hydroxyl groups is 1. The number of hydrogen-bond acceptors (Lipinski definition) is 2. The van der Waals surface area contributed by atoms with Gasteiger partial charge in [-0.25, -0.2) is 4.39 Å². The SMILES string of the molecule is CCN(CCO)Cc1cc[c]c(F)c1. The first kappa shape index (κ1) is 11.1. The van der Waals surface area contributed by atoms with Gasteiger partial charge < -0.3 is 5.11 Å². The summed E-state index contributed by atoms with van der Waals surface area (Å²) in [6, 6.07) is 7.35. The Kier molecular flexibility index (Phi) is 4.56. The zero-order valence-electron chi connectivity index (χ0n) is 8.33. The number of likely N-dealkylation sites (N-methyl/N-ethyl adjacent to an activating group) is 1. The third-order valence-electron chi connectivity index (χ3n) is 2.10. The lowest BCUT2D eigenvalue weighted by molar-refractivity contribution is 0.196. The van der Waals surface area contributed by atoms with Crippen molar-refractivity contribution in [3.8, 4) is 0 Å². The van der Waals surface area contributed by atoms with Crippen molar-refractivity contribution in [3.63, 3.8) is 0 Å². The van der Waals surface area contributed by atoms with Gasteiger partial charge in [-0.1, -0.05) is 19.1 Å². The van der Waals surface area contributed by atoms with Crippen LogP contribution in [0.5, 0.6) is 0 Å². The van der Waals surface area contributed by atoms with Crippen molar-refractivity contribution >= 4 is 0 Å². The second-order valence-electron chi connectivity index (χ2n) is 3.14. The Hall–Kier alpha value is -0.930. The Balaban J connectivity index is 2.57. The Morgan fingerprint density at radius 2 is 2.36 bits per heavy atom. The number of hydrogen-bond donors (Lipinski definition) is 1. The average molecular weight is 196 g/mol. The summed E-state index contributed by atoms with van der Waals surface area (Å²) < 4.78 is 12.8. The standard InChI is InChI=1S/C11H15FNO/c1-2-13(6-7-14)9-10-4-3-5-11(12)8-10/h3-4,8,14H,2,6-7,9H2,1H3. The summed E-state index contributed by atoms with van der Waals surface area (Å²) in [6.45, 7) is 4.29. The molecule has 0 aliphatic carbocycles. The van der Waals surface area contributed by atoms with Crippen molar-refractivity contribution in [1.82, 2.24) is 4.90 Å². The minimum atomic E-state index is -0.331. The summed E-state index contributed by atoms with van der Waals surface area (Å²) in [6.07, 6.45) is 0. The monoisotopic (exact) mass is 196 g/mol. The van der Waals surface area contributed by atoms with Crippen LogP contribution in [0.4, 0.5) is 4.39 Å². The molecular weight excluding hydrogens is 181 g/mol. The zero-order valence-corrected chi connectivity index (χ0v) is 8.33. The Labute approximate surface area is 84.0 Å². The molecule has 0 spiro atoms. The molecule has 14 heavy (non-hydrogen) atoms. The second-order valence-corrected chi connectivity index (χ2v) is 3.14. The molecule has 0 saturated heterocycles. The fourth-order valence-electron chi connectivity index (χ4n) is 1.33. The fourth-order valence-corrected chi connectivity index (χ4v) is 1.33. The van der Waals surface area contributed by atoms with Crippen LogP contribution < -0.4 is 0 Å². The van der Waals surface area contributed by atoms with Gasteiger partial charge in [0.25, 0.3) is 0 Å². The van der Waals surface area contributed by atoms with E-state index in [0.717, 1.165) is 12.1 Å². The molecule has 3 heteroatoms. The third kappa shape index (κ3) is 3.44. The first-order chi connectivity index (χ1) is 6.76. The molecule has 0 heterocycles. The fraction of sp³-hybridized carbons (Fsp3) is 0.455. The first-order valence-corrected chi connectivity index (χ1v) is 4.75. The Morgan fingerprint density at radius 1 is 1.57 bits per heavy atom. The van der Waals surface area contributed by atoms with Gasteiger partial charge in [-0.15, -0.1) is 0 Å². The number of aliphatic hydroxyl groups excluding tert-OH is 1. The van der Waals surface area contributed by atoms with Crippen LogP contribution in [0.1, 0.15) is 12.5 Å². The highest BCUT2D eigenvalue weighted by Crippen LogP contribution is 2.06. The maximum Gasteiger partial charge on any atom is 0.131 e. The highest BCUT2D eigenvalue weighted by atomic mass is 19.1. The van der Waals surface area contributed by atoms with Gasteiger partial charge in [0.1, 0.15) is 5.82 Å². The van der Waals surface area contributed by atoms with E-state index in [1.165, 1.54) is 6.07 Å². The van der Waals surface area contributed by atoms with Crippen LogP contribution in [0.15, 0.2) is 18.2 Å². The van der Waals surface area contributed by atoms with Crippen molar-refractivity contribution < 1.29 is 9.50 Å². The lowest BCUT2D eigenvalue weighted by Gasteiger charge is -2.18. The molecule has 0 aromatic heterocycles. The van der Waals surface area contributed by atoms with Gasteiger partial charge in [0.05, 0.1) is 6.61 Å². The molecule has 1 N–H and O–H groups in total. The highest BCUT2D eigenvalue weighted by molar-refractivity contribution is 5.15. The molecule has 0 fully saturated rings. The topological polar surface area (TPSA) is 23.5 Å². The molecule has 77 valence electrons. The highest BCUT2D eigenvalue weighted by Gasteiger charge is 2.03. The van der Waals surface area contributed by atoms with E-state index in [9.17, 15) is 4.39 Å². The quantitative estimate of drug-likeness (QED) is 0.770. The summed E-state index contributed by atoms with van der Waals surface area (Å²) in [4.78, 5) is 2.05. The molecule has 0 atom stereocenters. The third-order valence-corrected chi connectivity index (χ3v) is 2.10. The Morgan fingerprint density at radius 3 is 2.93 bits per heavy atom. The van der Waals surface area contributed by atoms with Crippen LogP contribution in [-0.4, -0.2) is 29.7 Å². The first-order valence-electron chi connectivity index (χ1n) is 4.75. The minimum absolute atomic E-state index is 0.134. The van der Waals surface area contributed by atoms with Crippen molar-refractivity contribution in [2.45, 2.75) is 13.5 Å². The lowest BCUT2D eigenvalue weighted by Crippen LogP contribution is -2.26. The molecule has 1 aromatic carbocycles. The smallest absolute Gasteiger partial charge is 0.131 e. The second kappa shape index (κ2) is 5.73. The summed E-state index contributed by atoms with van der Waals surface area (Å²) in [5.41, 5.74) is 0.913. The molecule has 0 amide bonds. The van der Waals surface area contributed by atoms with Crippen LogP contribution in [-0.2, 0) is 6.54 Å². The van der Waals surface area contributed by atoms with Gasteiger partial charge in [0.2, 0.25) is 0 Å². The van der Waals surface area contributed by atoms with Crippen molar-refractivity contribution in [2.24, 2.45) is 0 Å². The van der Waals surface area contributed by atoms with Crippen LogP contribution >= 0.6 is 0 Å². The normalized spacial score (nSPS) is 10.9. The predicted octanol–water partition coefficient (Wildman–Crippen LogP) is 1.44. The molecule has 0 aliphatic rings. The van der Waals surface area contributed by atoms with Gasteiger partial charge >= 0.3 is 0 Å². The van der Waals surface area contributed by atoms with E-state index in [0.29, 0.717) is 13.1 Å². The van der Waals surface area contributed by atoms with E-state index in [1.54, 1.807) is 6.07 Å². The van der Waals surface area contributed by atoms with Crippen molar-refractivity contribution in [3.05, 3.63) is 35.6 Å². The summed E-state index contributed by atoms with van der Waals surface area (Å²) >= 11 is 0. The van der Waals surface area contributed by atoms with Crippen LogP contribution in [0.2, 0.25) is 0 Å². The largest absolute Gasteiger partial charge is 0.395 e. The number of halogens is 1. The van der Waals surface area contributed by atoms with Crippen LogP contribution in [0.3, 0.4) is 0 Å². The van der Waals surface area contributed by atoms with Crippen molar-refractivity contribution in [1.29, 1.82) is 0 Å². The van der Waals surface area contributed by atoms with E-state index in [4.69, 9.17) is 5.11 Å². The van der Waals surface area contributed by atoms with Crippen LogP contribution in [0.25, 0.3) is 0 Å². The molecule has 2 nitrogen and oxygen atoms in total. The summed E-state index contributed by atoms with van der Waals surface area (Å²) in [5.74, 6) is -0.331. The molecular formula is C11H15FNO. The molecule has 1 rings (SSSR count). The molecule has 0 saturated carbocycles. The Bertz CT molecular complexity index is 278. The summed E-state index contributed by atoms with van der Waals surface area (Å²) in [7, 11) is 0. The van der Waals surface area contributed by atoms with Gasteiger partial charge in [-0.3, -0.25) is 4.90 Å². The van der Waals surface area contributed by atoms with Gasteiger partial charge in [-0.2, -0.15) is 0 Å². The summed E-state index contributed by atoms with van der Waals surface area (Å²) in [5, 5.41) is 8.78. The predicted molar refractivity (Wildman–Crippen MR) is 53.3 cm³/mol. The molecule has 0 unspecified atom stereocenters. The maximum absolute atomic E-state index is 12.8. The van der Waals surface area contributed by atoms with Gasteiger partial charge in [0, 0.05) is 19.2 Å². The van der Waals surface area contributed by atoms with E-state index in [2.05, 4.69) is 11.0 Å². The minimum Gasteiger partial charge on any atom is -0.395 e. The van der Waals surface area contributed by atoms with Gasteiger partial charge in [-0.05, 0) is 18.2 Å². The number of nitrogens with zero attached hydrogens (tertiary/aromatic N) is 1. The molecule has 0 bridgehead atoms. The average Bonchev–Trinajstić information content (AvgIpc) is 2.17. The van der Waals surface area contributed by atoms with E-state index >= 15 is 0 Å². The number of benzene rings is 1. The molecule has 1 radical (unpaired) electrons. The molecule has 1 aromatic rings. The van der Waals surface area contributed by atoms with Crippen molar-refractivity contribution in [2.75, 3.05) is 19.7 Å². The zero-order chi connectivity index (χ0) is 10.4. The number of rotatable bonds is 5. The van der Waals surface area contributed by atoms with E-state index in [-0.39, 0.29) is 12.4 Å². The molecule has 0 aliphatic heterocycles. The van der Waals surface area contributed by atoms with E-state index < -0.39 is 0 Å². The van der Waals surface area contributed by atoms with Gasteiger partial charge in [0.15, 0.2) is 0 Å². The van der Waals surface area contributed by atoms with Crippen LogP contribution in [0, 0.1) is 11.9 Å². The lowest BCUT2D eigenvalue weighted by atomic mass is 10.2.